The topological polar surface area (TPSA) is 65.7 Å². The van der Waals surface area contributed by atoms with Gasteiger partial charge in [-0.05, 0) is 37.3 Å². The lowest BCUT2D eigenvalue weighted by molar-refractivity contribution is -0.141. The van der Waals surface area contributed by atoms with Crippen LogP contribution < -0.4 is 15.1 Å². The molecule has 0 spiro atoms. The van der Waals surface area contributed by atoms with Gasteiger partial charge in [-0.3, -0.25) is 0 Å². The number of carbonyl (C=O) groups is 1. The second kappa shape index (κ2) is 6.36. The maximum absolute atomic E-state index is 12.1. The van der Waals surface area contributed by atoms with Crippen molar-refractivity contribution in [2.24, 2.45) is 0 Å². The molecule has 23 heavy (non-hydrogen) atoms. The van der Waals surface area contributed by atoms with Gasteiger partial charge in [0.2, 0.25) is 0 Å². The number of para-hydroxylation sites is 1. The van der Waals surface area contributed by atoms with Gasteiger partial charge in [0.1, 0.15) is 17.1 Å². The Balaban J connectivity index is 1.73. The van der Waals surface area contributed by atoms with Crippen LogP contribution in [0.1, 0.15) is 6.92 Å². The molecule has 0 N–H and O–H groups in total. The Morgan fingerprint density at radius 2 is 1.74 bits per heavy atom. The third-order valence-electron chi connectivity index (χ3n) is 3.20. The number of ether oxygens (including phenoxy) is 2. The van der Waals surface area contributed by atoms with Crippen molar-refractivity contribution in [3.63, 3.8) is 0 Å². The molecule has 2 aromatic carbocycles. The van der Waals surface area contributed by atoms with Crippen LogP contribution in [0.3, 0.4) is 0 Å². The second-order valence-corrected chi connectivity index (χ2v) is 4.95. The fraction of sp³-hybridized carbons (Fsp3) is 0.111. The summed E-state index contributed by atoms with van der Waals surface area (Å²) in [6.07, 6.45) is -0.768. The molecule has 116 valence electrons. The van der Waals surface area contributed by atoms with Gasteiger partial charge in [0.25, 0.3) is 0 Å². The molecule has 0 unspecified atom stereocenters. The van der Waals surface area contributed by atoms with Crippen LogP contribution in [0, 0.1) is 0 Å². The van der Waals surface area contributed by atoms with Crippen LogP contribution in [-0.4, -0.2) is 12.1 Å². The molecule has 5 nitrogen and oxygen atoms in total. The maximum atomic E-state index is 12.1. The van der Waals surface area contributed by atoms with E-state index in [1.807, 2.05) is 18.2 Å². The summed E-state index contributed by atoms with van der Waals surface area (Å²) in [5.41, 5.74) is -0.0961. The van der Waals surface area contributed by atoms with Crippen LogP contribution in [0.5, 0.6) is 11.5 Å². The Kier molecular flexibility index (Phi) is 4.10. The first kappa shape index (κ1) is 14.8. The highest BCUT2D eigenvalue weighted by atomic mass is 16.6. The zero-order valence-corrected chi connectivity index (χ0v) is 12.4. The predicted octanol–water partition coefficient (Wildman–Crippen LogP) is 3.17. The van der Waals surface area contributed by atoms with Gasteiger partial charge in [-0.1, -0.05) is 18.2 Å². The molecule has 0 aliphatic heterocycles. The van der Waals surface area contributed by atoms with Crippen LogP contribution >= 0.6 is 0 Å². The molecule has 0 aliphatic rings. The van der Waals surface area contributed by atoms with Crippen LogP contribution in [0.25, 0.3) is 11.0 Å². The minimum absolute atomic E-state index is 0.292. The van der Waals surface area contributed by atoms with Gasteiger partial charge in [-0.15, -0.1) is 0 Å². The quantitative estimate of drug-likeness (QED) is 0.421. The van der Waals surface area contributed by atoms with E-state index in [-0.39, 0.29) is 0 Å². The number of hydrogen-bond acceptors (Lipinski definition) is 5. The van der Waals surface area contributed by atoms with E-state index in [0.29, 0.717) is 17.1 Å². The van der Waals surface area contributed by atoms with Crippen LogP contribution in [0.4, 0.5) is 0 Å². The Hall–Kier alpha value is -3.08. The fourth-order valence-electron chi connectivity index (χ4n) is 2.05. The molecule has 3 rings (SSSR count). The molecule has 3 aromatic rings. The summed E-state index contributed by atoms with van der Waals surface area (Å²) in [7, 11) is 0. The molecule has 0 radical (unpaired) electrons. The van der Waals surface area contributed by atoms with Crippen molar-refractivity contribution in [2.45, 2.75) is 13.0 Å². The van der Waals surface area contributed by atoms with Crippen molar-refractivity contribution in [1.29, 1.82) is 0 Å². The standard InChI is InChI=1S/C18H14O5/c1-12(21-14-5-3-2-4-6-14)18(20)22-15-9-7-13-8-10-17(19)23-16(13)11-15/h2-12H,1H3/t12-/m0/s1. The van der Waals surface area contributed by atoms with Gasteiger partial charge in [0.05, 0.1) is 0 Å². The van der Waals surface area contributed by atoms with Gasteiger partial charge in [-0.25, -0.2) is 9.59 Å². The summed E-state index contributed by atoms with van der Waals surface area (Å²) in [5, 5.41) is 0.748. The van der Waals surface area contributed by atoms with Gasteiger partial charge < -0.3 is 13.9 Å². The lowest BCUT2D eigenvalue weighted by Gasteiger charge is -2.13. The molecule has 0 amide bonds. The van der Waals surface area contributed by atoms with Crippen LogP contribution in [0.15, 0.2) is 69.9 Å². The predicted molar refractivity (Wildman–Crippen MR) is 84.7 cm³/mol. The van der Waals surface area contributed by atoms with Gasteiger partial charge in [0.15, 0.2) is 6.10 Å². The largest absolute Gasteiger partial charge is 0.479 e. The van der Waals surface area contributed by atoms with Crippen molar-refractivity contribution in [3.8, 4) is 11.5 Å². The molecule has 0 aliphatic carbocycles. The van der Waals surface area contributed by atoms with Crippen molar-refractivity contribution >= 4 is 16.9 Å². The summed E-state index contributed by atoms with van der Waals surface area (Å²) in [5.74, 6) is 0.341. The monoisotopic (exact) mass is 310 g/mol. The Labute approximate surface area is 132 Å². The number of rotatable bonds is 4. The molecular weight excluding hydrogens is 296 g/mol. The normalized spacial score (nSPS) is 11.9. The van der Waals surface area contributed by atoms with E-state index in [1.165, 1.54) is 12.1 Å². The van der Waals surface area contributed by atoms with E-state index in [0.717, 1.165) is 5.39 Å². The summed E-state index contributed by atoms with van der Waals surface area (Å²) in [6, 6.07) is 16.8. The average molecular weight is 310 g/mol. The minimum atomic E-state index is -0.768. The second-order valence-electron chi connectivity index (χ2n) is 4.95. The fourth-order valence-corrected chi connectivity index (χ4v) is 2.05. The number of esters is 1. The van der Waals surface area contributed by atoms with E-state index in [9.17, 15) is 9.59 Å². The molecule has 1 atom stereocenters. The molecular formula is C18H14O5. The van der Waals surface area contributed by atoms with Crippen LogP contribution in [-0.2, 0) is 4.79 Å². The van der Waals surface area contributed by atoms with Crippen molar-refractivity contribution in [1.82, 2.24) is 0 Å². The molecule has 5 heteroatoms. The molecule has 1 aromatic heterocycles. The van der Waals surface area contributed by atoms with Gasteiger partial charge in [-0.2, -0.15) is 0 Å². The van der Waals surface area contributed by atoms with Crippen molar-refractivity contribution < 1.29 is 18.7 Å². The van der Waals surface area contributed by atoms with E-state index >= 15 is 0 Å². The first-order valence-electron chi connectivity index (χ1n) is 7.09. The summed E-state index contributed by atoms with van der Waals surface area (Å²) < 4.78 is 15.8. The first-order chi connectivity index (χ1) is 11.1. The zero-order chi connectivity index (χ0) is 16.2. The van der Waals surface area contributed by atoms with Crippen molar-refractivity contribution in [3.05, 3.63) is 71.1 Å². The van der Waals surface area contributed by atoms with Gasteiger partial charge >= 0.3 is 11.6 Å². The Bertz CT molecular complexity index is 883. The Morgan fingerprint density at radius 3 is 2.52 bits per heavy atom. The van der Waals surface area contributed by atoms with Crippen LogP contribution in [0.2, 0.25) is 0 Å². The highest BCUT2D eigenvalue weighted by Gasteiger charge is 2.17. The molecule has 0 bridgehead atoms. The average Bonchev–Trinajstić information content (AvgIpc) is 2.55. The number of carbonyl (C=O) groups excluding carboxylic acids is 1. The van der Waals surface area contributed by atoms with E-state index in [2.05, 4.69) is 0 Å². The third-order valence-corrected chi connectivity index (χ3v) is 3.20. The highest BCUT2D eigenvalue weighted by Crippen LogP contribution is 2.20. The molecule has 0 saturated carbocycles. The summed E-state index contributed by atoms with van der Waals surface area (Å²) in [6.45, 7) is 1.61. The van der Waals surface area contributed by atoms with Crippen molar-refractivity contribution in [2.75, 3.05) is 0 Å². The third kappa shape index (κ3) is 3.58. The van der Waals surface area contributed by atoms with E-state index in [1.54, 1.807) is 37.3 Å². The summed E-state index contributed by atoms with van der Waals surface area (Å²) >= 11 is 0. The summed E-state index contributed by atoms with van der Waals surface area (Å²) in [4.78, 5) is 23.3. The lowest BCUT2D eigenvalue weighted by atomic mass is 10.2. The lowest BCUT2D eigenvalue weighted by Crippen LogP contribution is -2.28. The number of fused-ring (bicyclic) bond motifs is 1. The Morgan fingerprint density at radius 1 is 1.00 bits per heavy atom. The number of hydrogen-bond donors (Lipinski definition) is 0. The highest BCUT2D eigenvalue weighted by molar-refractivity contribution is 5.81. The van der Waals surface area contributed by atoms with E-state index in [4.69, 9.17) is 13.9 Å². The zero-order valence-electron chi connectivity index (χ0n) is 12.4. The SMILES string of the molecule is C[C@H](Oc1ccccc1)C(=O)Oc1ccc2ccc(=O)oc2c1. The molecule has 1 heterocycles. The smallest absolute Gasteiger partial charge is 0.352 e. The van der Waals surface area contributed by atoms with Gasteiger partial charge in [0, 0.05) is 17.5 Å². The minimum Gasteiger partial charge on any atom is -0.479 e. The number of benzene rings is 2. The van der Waals surface area contributed by atoms with E-state index < -0.39 is 17.7 Å². The molecule has 0 saturated heterocycles. The maximum Gasteiger partial charge on any atom is 0.352 e. The first-order valence-corrected chi connectivity index (χ1v) is 7.09. The molecule has 0 fully saturated rings.